The molecule has 0 aliphatic rings. The highest BCUT2D eigenvalue weighted by Crippen LogP contribution is 2.14. The van der Waals surface area contributed by atoms with Gasteiger partial charge in [0, 0.05) is 5.69 Å². The second kappa shape index (κ2) is 3.46. The summed E-state index contributed by atoms with van der Waals surface area (Å²) in [6.07, 6.45) is 0.573. The summed E-state index contributed by atoms with van der Waals surface area (Å²) in [6, 6.07) is 6.26. The number of amides is 1. The SMILES string of the molecule is O=CNc1ccc(N=O)cc1. The molecule has 0 spiro atoms. The van der Waals surface area contributed by atoms with Gasteiger partial charge in [0.25, 0.3) is 0 Å². The second-order valence-electron chi connectivity index (χ2n) is 1.90. The van der Waals surface area contributed by atoms with Gasteiger partial charge < -0.3 is 5.32 Å². The minimum Gasteiger partial charge on any atom is -0.329 e. The molecule has 4 heteroatoms. The molecule has 1 aromatic rings. The maximum Gasteiger partial charge on any atom is 0.211 e. The molecule has 4 nitrogen and oxygen atoms in total. The summed E-state index contributed by atoms with van der Waals surface area (Å²) in [5.41, 5.74) is 0.994. The minimum absolute atomic E-state index is 0.349. The molecular weight excluding hydrogens is 144 g/mol. The van der Waals surface area contributed by atoms with E-state index >= 15 is 0 Å². The maximum atomic E-state index is 9.94. The summed E-state index contributed by atoms with van der Waals surface area (Å²) in [4.78, 5) is 19.9. The Hall–Kier alpha value is -1.71. The second-order valence-corrected chi connectivity index (χ2v) is 1.90. The summed E-state index contributed by atoms with van der Waals surface area (Å²) >= 11 is 0. The third-order valence-electron chi connectivity index (χ3n) is 1.20. The van der Waals surface area contributed by atoms with E-state index in [0.29, 0.717) is 17.8 Å². The Balaban J connectivity index is 2.81. The van der Waals surface area contributed by atoms with Crippen LogP contribution in [0.4, 0.5) is 11.4 Å². The molecule has 0 radical (unpaired) electrons. The number of nitrogens with zero attached hydrogens (tertiary/aromatic N) is 1. The fourth-order valence-electron chi connectivity index (χ4n) is 0.687. The van der Waals surface area contributed by atoms with Gasteiger partial charge in [0.05, 0.1) is 0 Å². The lowest BCUT2D eigenvalue weighted by Gasteiger charge is -1.95. The Bertz CT molecular complexity index is 256. The van der Waals surface area contributed by atoms with Gasteiger partial charge in [0.15, 0.2) is 0 Å². The van der Waals surface area contributed by atoms with Crippen molar-refractivity contribution in [2.75, 3.05) is 5.32 Å². The Morgan fingerprint density at radius 1 is 1.27 bits per heavy atom. The van der Waals surface area contributed by atoms with E-state index in [1.807, 2.05) is 0 Å². The highest BCUT2D eigenvalue weighted by molar-refractivity contribution is 5.71. The van der Waals surface area contributed by atoms with Crippen molar-refractivity contribution in [1.29, 1.82) is 0 Å². The molecule has 0 bridgehead atoms. The first-order valence-corrected chi connectivity index (χ1v) is 3.00. The molecule has 0 aromatic heterocycles. The molecular formula is C7H6N2O2. The summed E-state index contributed by atoms with van der Waals surface area (Å²) < 4.78 is 0. The molecule has 0 heterocycles. The van der Waals surface area contributed by atoms with Crippen molar-refractivity contribution < 1.29 is 4.79 Å². The van der Waals surface area contributed by atoms with Crippen LogP contribution in [0.2, 0.25) is 0 Å². The van der Waals surface area contributed by atoms with E-state index in [0.717, 1.165) is 0 Å². The molecule has 0 aliphatic heterocycles. The van der Waals surface area contributed by atoms with Gasteiger partial charge in [-0.1, -0.05) is 0 Å². The quantitative estimate of drug-likeness (QED) is 0.526. The zero-order chi connectivity index (χ0) is 8.10. The number of hydrogen-bond acceptors (Lipinski definition) is 3. The molecule has 1 aromatic carbocycles. The van der Waals surface area contributed by atoms with E-state index in [1.165, 1.54) is 12.1 Å². The van der Waals surface area contributed by atoms with Gasteiger partial charge in [-0.2, -0.15) is 0 Å². The van der Waals surface area contributed by atoms with Crippen molar-refractivity contribution in [3.05, 3.63) is 29.2 Å². The smallest absolute Gasteiger partial charge is 0.211 e. The molecule has 0 saturated carbocycles. The number of anilines is 1. The first-order chi connectivity index (χ1) is 5.36. The summed E-state index contributed by atoms with van der Waals surface area (Å²) in [6.45, 7) is 0. The van der Waals surface area contributed by atoms with Crippen LogP contribution >= 0.6 is 0 Å². The van der Waals surface area contributed by atoms with Crippen molar-refractivity contribution in [3.63, 3.8) is 0 Å². The number of carbonyl (C=O) groups excluding carboxylic acids is 1. The van der Waals surface area contributed by atoms with Crippen LogP contribution in [0.5, 0.6) is 0 Å². The molecule has 1 amide bonds. The lowest BCUT2D eigenvalue weighted by molar-refractivity contribution is -0.105. The van der Waals surface area contributed by atoms with Gasteiger partial charge in [0.2, 0.25) is 6.41 Å². The lowest BCUT2D eigenvalue weighted by atomic mass is 10.3. The highest BCUT2D eigenvalue weighted by Gasteiger charge is 1.90. The van der Waals surface area contributed by atoms with Crippen LogP contribution in [0.15, 0.2) is 29.4 Å². The predicted octanol–water partition coefficient (Wildman–Crippen LogP) is 1.65. The third kappa shape index (κ3) is 1.86. The van der Waals surface area contributed by atoms with Crippen molar-refractivity contribution in [2.45, 2.75) is 0 Å². The van der Waals surface area contributed by atoms with Crippen LogP contribution in [0.3, 0.4) is 0 Å². The van der Waals surface area contributed by atoms with E-state index in [2.05, 4.69) is 10.5 Å². The van der Waals surface area contributed by atoms with E-state index in [9.17, 15) is 9.70 Å². The lowest BCUT2D eigenvalue weighted by Crippen LogP contribution is -1.91. The Labute approximate surface area is 63.2 Å². The monoisotopic (exact) mass is 150 g/mol. The molecule has 0 atom stereocenters. The number of hydrogen-bond donors (Lipinski definition) is 1. The summed E-state index contributed by atoms with van der Waals surface area (Å²) in [5, 5.41) is 5.14. The Morgan fingerprint density at radius 2 is 1.91 bits per heavy atom. The molecule has 1 N–H and O–H groups in total. The molecule has 56 valence electrons. The summed E-state index contributed by atoms with van der Waals surface area (Å²) in [7, 11) is 0. The Kier molecular flexibility index (Phi) is 2.32. The molecule has 0 unspecified atom stereocenters. The molecule has 0 saturated heterocycles. The van der Waals surface area contributed by atoms with Gasteiger partial charge in [-0.15, -0.1) is 4.91 Å². The average molecular weight is 150 g/mol. The molecule has 0 fully saturated rings. The number of benzene rings is 1. The summed E-state index contributed by atoms with van der Waals surface area (Å²) in [5.74, 6) is 0. The normalized spacial score (nSPS) is 8.73. The van der Waals surface area contributed by atoms with Crippen molar-refractivity contribution in [3.8, 4) is 0 Å². The van der Waals surface area contributed by atoms with Crippen molar-refractivity contribution in [1.82, 2.24) is 0 Å². The zero-order valence-electron chi connectivity index (χ0n) is 5.65. The number of nitrogens with one attached hydrogen (secondary N) is 1. The van der Waals surface area contributed by atoms with Gasteiger partial charge in [0.1, 0.15) is 5.69 Å². The minimum atomic E-state index is 0.349. The van der Waals surface area contributed by atoms with Gasteiger partial charge in [-0.05, 0) is 29.4 Å². The van der Waals surface area contributed by atoms with Crippen LogP contribution in [0, 0.1) is 4.91 Å². The molecule has 11 heavy (non-hydrogen) atoms. The van der Waals surface area contributed by atoms with E-state index < -0.39 is 0 Å². The number of rotatable bonds is 3. The van der Waals surface area contributed by atoms with Crippen LogP contribution < -0.4 is 5.32 Å². The van der Waals surface area contributed by atoms with Gasteiger partial charge in [-0.25, -0.2) is 0 Å². The fraction of sp³-hybridized carbons (Fsp3) is 0. The van der Waals surface area contributed by atoms with Gasteiger partial charge in [-0.3, -0.25) is 4.79 Å². The van der Waals surface area contributed by atoms with Crippen LogP contribution in [-0.4, -0.2) is 6.41 Å². The highest BCUT2D eigenvalue weighted by atomic mass is 16.3. The fourth-order valence-corrected chi connectivity index (χ4v) is 0.687. The average Bonchev–Trinajstić information content (AvgIpc) is 2.07. The number of carbonyl (C=O) groups is 1. The topological polar surface area (TPSA) is 58.5 Å². The first-order valence-electron chi connectivity index (χ1n) is 3.00. The van der Waals surface area contributed by atoms with Crippen LogP contribution in [-0.2, 0) is 4.79 Å². The predicted molar refractivity (Wildman–Crippen MR) is 41.6 cm³/mol. The van der Waals surface area contributed by atoms with Crippen LogP contribution in [0.25, 0.3) is 0 Å². The standard InChI is InChI=1S/C7H6N2O2/c10-5-8-6-1-3-7(9-11)4-2-6/h1-5H,(H,8,10). The van der Waals surface area contributed by atoms with Gasteiger partial charge >= 0.3 is 0 Å². The molecule has 1 rings (SSSR count). The van der Waals surface area contributed by atoms with E-state index in [4.69, 9.17) is 0 Å². The third-order valence-corrected chi connectivity index (χ3v) is 1.20. The number of nitroso groups, excluding NO2 is 1. The largest absolute Gasteiger partial charge is 0.329 e. The molecule has 0 aliphatic carbocycles. The van der Waals surface area contributed by atoms with Crippen molar-refractivity contribution >= 4 is 17.8 Å². The van der Waals surface area contributed by atoms with Crippen molar-refractivity contribution in [2.24, 2.45) is 5.18 Å². The zero-order valence-corrected chi connectivity index (χ0v) is 5.65. The first kappa shape index (κ1) is 7.40. The van der Waals surface area contributed by atoms with E-state index in [-0.39, 0.29) is 0 Å². The maximum absolute atomic E-state index is 9.94. The van der Waals surface area contributed by atoms with Crippen LogP contribution in [0.1, 0.15) is 0 Å². The Morgan fingerprint density at radius 3 is 2.36 bits per heavy atom. The van der Waals surface area contributed by atoms with E-state index in [1.54, 1.807) is 12.1 Å².